The van der Waals surface area contributed by atoms with Crippen molar-refractivity contribution in [2.24, 2.45) is 20.0 Å². The summed E-state index contributed by atoms with van der Waals surface area (Å²) >= 11 is 5.79. The molecule has 3 heterocycles. The number of amides is 1. The topological polar surface area (TPSA) is 132 Å². The van der Waals surface area contributed by atoms with Gasteiger partial charge in [-0.05, 0) is 38.1 Å². The van der Waals surface area contributed by atoms with Gasteiger partial charge in [0.15, 0.2) is 5.78 Å². The summed E-state index contributed by atoms with van der Waals surface area (Å²) in [4.78, 5) is 55.3. The average molecular weight is 435 g/mol. The maximum absolute atomic E-state index is 12.7. The summed E-state index contributed by atoms with van der Waals surface area (Å²) in [5, 5.41) is 3.25. The molecule has 1 saturated heterocycles. The van der Waals surface area contributed by atoms with Crippen LogP contribution < -0.4 is 22.3 Å². The zero-order valence-electron chi connectivity index (χ0n) is 16.7. The number of nitrogens with zero attached hydrogens (tertiary/aromatic N) is 4. The van der Waals surface area contributed by atoms with Gasteiger partial charge < -0.3 is 11.1 Å². The molecule has 11 heteroatoms. The Kier molecular flexibility index (Phi) is 6.37. The molecule has 0 unspecified atom stereocenters. The van der Waals surface area contributed by atoms with Crippen LogP contribution in [-0.4, -0.2) is 50.3 Å². The molecule has 1 fully saturated rings. The van der Waals surface area contributed by atoms with E-state index >= 15 is 0 Å². The number of hydrogen-bond donors (Lipinski definition) is 2. The number of carbonyl (C=O) groups excluding carboxylic acids is 2. The largest absolute Gasteiger partial charge is 0.384 e. The van der Waals surface area contributed by atoms with Crippen molar-refractivity contribution in [3.05, 3.63) is 49.8 Å². The lowest BCUT2D eigenvalue weighted by molar-refractivity contribution is -0.121. The number of ketones is 1. The summed E-state index contributed by atoms with van der Waals surface area (Å²) in [6.07, 6.45) is 2.59. The van der Waals surface area contributed by atoms with Crippen molar-refractivity contribution in [2.75, 3.05) is 30.7 Å². The lowest BCUT2D eigenvalue weighted by atomic mass is 9.95. The molecule has 0 saturated carbocycles. The molecule has 1 aliphatic heterocycles. The highest BCUT2D eigenvalue weighted by molar-refractivity contribution is 6.30. The number of pyridine rings is 1. The number of nitrogens with two attached hydrogens (primary N) is 1. The number of halogens is 1. The molecular formula is C19H23ClN6O4. The van der Waals surface area contributed by atoms with E-state index in [4.69, 9.17) is 17.3 Å². The highest BCUT2D eigenvalue weighted by Crippen LogP contribution is 2.20. The third-order valence-corrected chi connectivity index (χ3v) is 5.52. The molecule has 3 rings (SSSR count). The number of Topliss-reactive ketones (excluding diaryl/α,β-unsaturated/α-hetero) is 1. The van der Waals surface area contributed by atoms with Gasteiger partial charge in [-0.1, -0.05) is 11.6 Å². The molecular weight excluding hydrogens is 412 g/mol. The quantitative estimate of drug-likeness (QED) is 0.644. The minimum Gasteiger partial charge on any atom is -0.384 e. The third-order valence-electron chi connectivity index (χ3n) is 5.29. The monoisotopic (exact) mass is 434 g/mol. The van der Waals surface area contributed by atoms with Gasteiger partial charge in [-0.2, -0.15) is 0 Å². The van der Waals surface area contributed by atoms with Crippen LogP contribution in [0.15, 0.2) is 27.9 Å². The molecule has 3 N–H and O–H groups in total. The number of carbonyl (C=O) groups is 2. The van der Waals surface area contributed by atoms with Gasteiger partial charge in [0, 0.05) is 26.2 Å². The summed E-state index contributed by atoms with van der Waals surface area (Å²) in [7, 11) is 2.72. The van der Waals surface area contributed by atoms with Gasteiger partial charge in [0.2, 0.25) is 5.91 Å². The van der Waals surface area contributed by atoms with Crippen LogP contribution in [0.3, 0.4) is 0 Å². The Labute approximate surface area is 177 Å². The zero-order chi connectivity index (χ0) is 22.0. The van der Waals surface area contributed by atoms with E-state index < -0.39 is 17.0 Å². The average Bonchev–Trinajstić information content (AvgIpc) is 2.73. The van der Waals surface area contributed by atoms with Crippen LogP contribution >= 0.6 is 11.6 Å². The maximum atomic E-state index is 12.7. The van der Waals surface area contributed by atoms with Crippen molar-refractivity contribution in [1.82, 2.24) is 19.0 Å². The standard InChI is InChI=1S/C19H23ClN6O4/c1-24-16(21)15(18(29)25(2)19(24)30)13(27)10-26-7-5-11(6-8-26)17(28)23-14-4-3-12(20)9-22-14/h3-4,9,11H,5-8,10,21H2,1-2H3,(H,22,23,28). The lowest BCUT2D eigenvalue weighted by Crippen LogP contribution is -2.45. The second-order valence-electron chi connectivity index (χ2n) is 7.29. The molecule has 10 nitrogen and oxygen atoms in total. The molecule has 1 amide bonds. The van der Waals surface area contributed by atoms with Gasteiger partial charge in [-0.3, -0.25) is 28.4 Å². The first-order valence-corrected chi connectivity index (χ1v) is 9.80. The fourth-order valence-corrected chi connectivity index (χ4v) is 3.55. The van der Waals surface area contributed by atoms with Crippen molar-refractivity contribution in [2.45, 2.75) is 12.8 Å². The minimum atomic E-state index is -0.703. The van der Waals surface area contributed by atoms with Crippen LogP contribution in [0.25, 0.3) is 0 Å². The Morgan fingerprint density at radius 2 is 1.87 bits per heavy atom. The summed E-state index contributed by atoms with van der Waals surface area (Å²) in [6.45, 7) is 1.03. The summed E-state index contributed by atoms with van der Waals surface area (Å²) in [5.41, 5.74) is 4.37. The Balaban J connectivity index is 1.60. The number of rotatable bonds is 5. The fourth-order valence-electron chi connectivity index (χ4n) is 3.44. The summed E-state index contributed by atoms with van der Waals surface area (Å²) in [6, 6.07) is 3.28. The molecule has 0 bridgehead atoms. The van der Waals surface area contributed by atoms with Crippen molar-refractivity contribution in [1.29, 1.82) is 0 Å². The molecule has 0 aromatic carbocycles. The normalized spacial score (nSPS) is 15.2. The van der Waals surface area contributed by atoms with Crippen molar-refractivity contribution in [3.63, 3.8) is 0 Å². The predicted octanol–water partition coefficient (Wildman–Crippen LogP) is 0.248. The van der Waals surface area contributed by atoms with Crippen LogP contribution in [0.5, 0.6) is 0 Å². The molecule has 0 radical (unpaired) electrons. The SMILES string of the molecule is Cn1c(N)c(C(=O)CN2CCC(C(=O)Nc3ccc(Cl)cn3)CC2)c(=O)n(C)c1=O. The molecule has 0 atom stereocenters. The lowest BCUT2D eigenvalue weighted by Gasteiger charge is -2.30. The maximum Gasteiger partial charge on any atom is 0.332 e. The van der Waals surface area contributed by atoms with Crippen molar-refractivity contribution >= 4 is 34.9 Å². The number of hydrogen-bond acceptors (Lipinski definition) is 7. The number of likely N-dealkylation sites (tertiary alicyclic amines) is 1. The first-order chi connectivity index (χ1) is 14.2. The molecule has 160 valence electrons. The Hall–Kier alpha value is -2.98. The van der Waals surface area contributed by atoms with E-state index in [2.05, 4.69) is 10.3 Å². The zero-order valence-corrected chi connectivity index (χ0v) is 17.5. The van der Waals surface area contributed by atoms with Crippen LogP contribution in [-0.2, 0) is 18.9 Å². The van der Waals surface area contributed by atoms with Crippen LogP contribution in [0.1, 0.15) is 23.2 Å². The van der Waals surface area contributed by atoms with E-state index in [-0.39, 0.29) is 29.8 Å². The van der Waals surface area contributed by atoms with Crippen molar-refractivity contribution in [3.8, 4) is 0 Å². The second-order valence-corrected chi connectivity index (χ2v) is 7.73. The smallest absolute Gasteiger partial charge is 0.332 e. The molecule has 0 aliphatic carbocycles. The van der Waals surface area contributed by atoms with Gasteiger partial charge in [0.05, 0.1) is 11.6 Å². The van der Waals surface area contributed by atoms with Gasteiger partial charge in [0.1, 0.15) is 17.2 Å². The highest BCUT2D eigenvalue weighted by atomic mass is 35.5. The first-order valence-electron chi connectivity index (χ1n) is 9.42. The van der Waals surface area contributed by atoms with Gasteiger partial charge in [-0.15, -0.1) is 0 Å². The predicted molar refractivity (Wildman–Crippen MR) is 113 cm³/mol. The van der Waals surface area contributed by atoms with E-state index in [9.17, 15) is 19.2 Å². The fraction of sp³-hybridized carbons (Fsp3) is 0.421. The second kappa shape index (κ2) is 8.80. The van der Waals surface area contributed by atoms with Gasteiger partial charge in [-0.25, -0.2) is 9.78 Å². The van der Waals surface area contributed by atoms with E-state index in [1.54, 1.807) is 12.1 Å². The molecule has 2 aromatic rings. The molecule has 30 heavy (non-hydrogen) atoms. The van der Waals surface area contributed by atoms with Gasteiger partial charge >= 0.3 is 5.69 Å². The highest BCUT2D eigenvalue weighted by Gasteiger charge is 2.28. The summed E-state index contributed by atoms with van der Waals surface area (Å²) < 4.78 is 1.95. The number of aromatic nitrogens is 3. The first kappa shape index (κ1) is 21.7. The van der Waals surface area contributed by atoms with Crippen LogP contribution in [0, 0.1) is 5.92 Å². The van der Waals surface area contributed by atoms with Gasteiger partial charge in [0.25, 0.3) is 5.56 Å². The number of nitrogen functional groups attached to an aromatic ring is 1. The van der Waals surface area contributed by atoms with E-state index in [0.29, 0.717) is 36.8 Å². The Bertz CT molecular complexity index is 1080. The molecule has 1 aliphatic rings. The number of piperidine rings is 1. The van der Waals surface area contributed by atoms with E-state index in [1.165, 1.54) is 20.3 Å². The Morgan fingerprint density at radius 3 is 2.47 bits per heavy atom. The number of anilines is 2. The van der Waals surface area contributed by atoms with E-state index in [0.717, 1.165) is 9.13 Å². The van der Waals surface area contributed by atoms with Crippen LogP contribution in [0.4, 0.5) is 11.6 Å². The molecule has 0 spiro atoms. The summed E-state index contributed by atoms with van der Waals surface area (Å²) in [5.74, 6) is -0.492. The van der Waals surface area contributed by atoms with E-state index in [1.807, 2.05) is 4.90 Å². The minimum absolute atomic E-state index is 0.00920. The van der Waals surface area contributed by atoms with Crippen LogP contribution in [0.2, 0.25) is 5.02 Å². The molecule has 2 aromatic heterocycles. The van der Waals surface area contributed by atoms with Crippen molar-refractivity contribution < 1.29 is 9.59 Å². The number of nitrogens with one attached hydrogen (secondary N) is 1. The third kappa shape index (κ3) is 4.44. The Morgan fingerprint density at radius 1 is 1.20 bits per heavy atom.